The Morgan fingerprint density at radius 2 is 2.14 bits per heavy atom. The highest BCUT2D eigenvalue weighted by atomic mass is 32.1. The first-order chi connectivity index (χ1) is 10.2. The van der Waals surface area contributed by atoms with Crippen molar-refractivity contribution in [3.05, 3.63) is 24.3 Å². The molecule has 0 aliphatic carbocycles. The Morgan fingerprint density at radius 3 is 2.90 bits per heavy atom. The summed E-state index contributed by atoms with van der Waals surface area (Å²) in [6, 6.07) is 8.11. The second-order valence-corrected chi connectivity index (χ2v) is 6.10. The van der Waals surface area contributed by atoms with Crippen molar-refractivity contribution in [3.8, 4) is 0 Å². The third-order valence-corrected chi connectivity index (χ3v) is 4.52. The van der Waals surface area contributed by atoms with Crippen LogP contribution in [0.25, 0.3) is 10.9 Å². The second kappa shape index (κ2) is 7.98. The van der Waals surface area contributed by atoms with E-state index in [4.69, 9.17) is 5.11 Å². The molecule has 21 heavy (non-hydrogen) atoms. The number of nitrogens with zero attached hydrogens (tertiary/aromatic N) is 1. The number of fused-ring (bicyclic) bond motifs is 1. The number of aromatic nitrogens is 1. The molecule has 0 radical (unpaired) electrons. The number of aliphatic carboxylic acids is 1. The van der Waals surface area contributed by atoms with Gasteiger partial charge in [-0.05, 0) is 42.4 Å². The topological polar surface area (TPSA) is 62.2 Å². The Bertz CT molecular complexity index is 582. The van der Waals surface area contributed by atoms with Gasteiger partial charge in [-0.2, -0.15) is 4.37 Å². The van der Waals surface area contributed by atoms with Gasteiger partial charge in [0, 0.05) is 18.4 Å². The summed E-state index contributed by atoms with van der Waals surface area (Å²) in [5.74, 6) is -0.213. The summed E-state index contributed by atoms with van der Waals surface area (Å²) in [4.78, 5) is 10.7. The van der Waals surface area contributed by atoms with E-state index in [1.165, 1.54) is 16.9 Å². The van der Waals surface area contributed by atoms with Gasteiger partial charge >= 0.3 is 5.97 Å². The van der Waals surface area contributed by atoms with Crippen LogP contribution in [0, 0.1) is 5.92 Å². The highest BCUT2D eigenvalue weighted by Gasteiger charge is 2.11. The second-order valence-electron chi connectivity index (χ2n) is 5.33. The molecule has 0 spiro atoms. The van der Waals surface area contributed by atoms with Gasteiger partial charge in [-0.3, -0.25) is 4.79 Å². The van der Waals surface area contributed by atoms with Gasteiger partial charge < -0.3 is 10.4 Å². The summed E-state index contributed by atoms with van der Waals surface area (Å²) >= 11 is 1.49. The SMILES string of the molecule is CCCC(CCNc1snc2ccccc12)CCC(=O)O. The number of hydrogen-bond donors (Lipinski definition) is 2. The van der Waals surface area contributed by atoms with Crippen LogP contribution in [0.2, 0.25) is 0 Å². The van der Waals surface area contributed by atoms with Gasteiger partial charge in [0.2, 0.25) is 0 Å². The fraction of sp³-hybridized carbons (Fsp3) is 0.500. The summed E-state index contributed by atoms with van der Waals surface area (Å²) in [5.41, 5.74) is 1.03. The highest BCUT2D eigenvalue weighted by molar-refractivity contribution is 7.11. The molecule has 1 unspecified atom stereocenters. The molecule has 0 fully saturated rings. The monoisotopic (exact) mass is 306 g/mol. The van der Waals surface area contributed by atoms with Crippen LogP contribution in [-0.2, 0) is 4.79 Å². The summed E-state index contributed by atoms with van der Waals surface area (Å²) < 4.78 is 4.41. The molecule has 4 nitrogen and oxygen atoms in total. The van der Waals surface area contributed by atoms with Gasteiger partial charge in [-0.1, -0.05) is 31.9 Å². The zero-order valence-corrected chi connectivity index (χ0v) is 13.2. The predicted molar refractivity (Wildman–Crippen MR) is 88.0 cm³/mol. The van der Waals surface area contributed by atoms with Crippen LogP contribution < -0.4 is 5.32 Å². The molecule has 0 saturated carbocycles. The molecule has 2 N–H and O–H groups in total. The summed E-state index contributed by atoms with van der Waals surface area (Å²) in [6.45, 7) is 3.02. The maximum absolute atomic E-state index is 10.7. The van der Waals surface area contributed by atoms with E-state index in [0.29, 0.717) is 5.92 Å². The van der Waals surface area contributed by atoms with Crippen molar-refractivity contribution in [1.29, 1.82) is 0 Å². The number of anilines is 1. The number of carboxylic acids is 1. The lowest BCUT2D eigenvalue weighted by atomic mass is 9.94. The van der Waals surface area contributed by atoms with E-state index < -0.39 is 5.97 Å². The van der Waals surface area contributed by atoms with Gasteiger partial charge in [0.05, 0.1) is 5.52 Å². The van der Waals surface area contributed by atoms with Crippen molar-refractivity contribution in [1.82, 2.24) is 4.37 Å². The lowest BCUT2D eigenvalue weighted by molar-refractivity contribution is -0.137. The van der Waals surface area contributed by atoms with Gasteiger partial charge in [0.15, 0.2) is 0 Å². The standard InChI is InChI=1S/C16H22N2O2S/c1-2-5-12(8-9-15(19)20)10-11-17-16-13-6-3-4-7-14(13)18-21-16/h3-4,6-7,12,17H,2,5,8-11H2,1H3,(H,19,20). The smallest absolute Gasteiger partial charge is 0.303 e. The molecule has 1 aromatic heterocycles. The van der Waals surface area contributed by atoms with Crippen LogP contribution in [0.3, 0.4) is 0 Å². The van der Waals surface area contributed by atoms with E-state index in [1.807, 2.05) is 18.2 Å². The summed E-state index contributed by atoms with van der Waals surface area (Å²) in [6.07, 6.45) is 4.25. The van der Waals surface area contributed by atoms with Crippen LogP contribution in [-0.4, -0.2) is 22.0 Å². The molecule has 1 aromatic carbocycles. The highest BCUT2D eigenvalue weighted by Crippen LogP contribution is 2.27. The van der Waals surface area contributed by atoms with Crippen molar-refractivity contribution in [2.75, 3.05) is 11.9 Å². The minimum atomic E-state index is -0.697. The zero-order valence-electron chi connectivity index (χ0n) is 12.3. The van der Waals surface area contributed by atoms with Crippen LogP contribution in [0.15, 0.2) is 24.3 Å². The molecule has 2 rings (SSSR count). The number of carboxylic acid groups (broad SMARTS) is 1. The van der Waals surface area contributed by atoms with Crippen molar-refractivity contribution >= 4 is 33.4 Å². The quantitative estimate of drug-likeness (QED) is 0.721. The molecule has 0 bridgehead atoms. The van der Waals surface area contributed by atoms with Crippen LogP contribution in [0.4, 0.5) is 5.00 Å². The molecule has 114 valence electrons. The predicted octanol–water partition coefficient (Wildman–Crippen LogP) is 4.38. The van der Waals surface area contributed by atoms with E-state index in [-0.39, 0.29) is 6.42 Å². The maximum Gasteiger partial charge on any atom is 0.303 e. The first-order valence-corrected chi connectivity index (χ1v) is 8.28. The molecule has 0 saturated heterocycles. The Kier molecular flexibility index (Phi) is 5.99. The van der Waals surface area contributed by atoms with Crippen molar-refractivity contribution < 1.29 is 9.90 Å². The van der Waals surface area contributed by atoms with E-state index in [0.717, 1.165) is 42.7 Å². The van der Waals surface area contributed by atoms with Gasteiger partial charge in [-0.25, -0.2) is 0 Å². The maximum atomic E-state index is 10.7. The van der Waals surface area contributed by atoms with Gasteiger partial charge in [0.25, 0.3) is 0 Å². The fourth-order valence-electron chi connectivity index (χ4n) is 2.58. The minimum absolute atomic E-state index is 0.272. The van der Waals surface area contributed by atoms with E-state index in [2.05, 4.69) is 22.7 Å². The van der Waals surface area contributed by atoms with E-state index in [1.54, 1.807) is 0 Å². The van der Waals surface area contributed by atoms with Crippen molar-refractivity contribution in [3.63, 3.8) is 0 Å². The average Bonchev–Trinajstić information content (AvgIpc) is 2.88. The molecular weight excluding hydrogens is 284 g/mol. The normalized spacial score (nSPS) is 12.4. The third kappa shape index (κ3) is 4.70. The lowest BCUT2D eigenvalue weighted by Gasteiger charge is -2.15. The summed E-state index contributed by atoms with van der Waals surface area (Å²) in [5, 5.41) is 14.5. The summed E-state index contributed by atoms with van der Waals surface area (Å²) in [7, 11) is 0. The first-order valence-electron chi connectivity index (χ1n) is 7.50. The zero-order chi connectivity index (χ0) is 15.1. The molecule has 5 heteroatoms. The molecule has 1 atom stereocenters. The van der Waals surface area contributed by atoms with Gasteiger partial charge in [0.1, 0.15) is 5.00 Å². The van der Waals surface area contributed by atoms with Crippen LogP contribution in [0.1, 0.15) is 39.0 Å². The fourth-order valence-corrected chi connectivity index (χ4v) is 3.36. The molecule has 2 aromatic rings. The minimum Gasteiger partial charge on any atom is -0.481 e. The number of rotatable bonds is 9. The molecule has 0 amide bonds. The average molecular weight is 306 g/mol. The van der Waals surface area contributed by atoms with E-state index >= 15 is 0 Å². The van der Waals surface area contributed by atoms with Crippen LogP contribution >= 0.6 is 11.5 Å². The lowest BCUT2D eigenvalue weighted by Crippen LogP contribution is -2.10. The molecule has 1 heterocycles. The van der Waals surface area contributed by atoms with Crippen LogP contribution in [0.5, 0.6) is 0 Å². The molecule has 0 aliphatic rings. The third-order valence-electron chi connectivity index (χ3n) is 3.69. The Hall–Kier alpha value is -1.62. The Labute approximate surface area is 129 Å². The number of benzene rings is 1. The number of nitrogens with one attached hydrogen (secondary N) is 1. The molecular formula is C16H22N2O2S. The Morgan fingerprint density at radius 1 is 1.33 bits per heavy atom. The molecule has 0 aliphatic heterocycles. The number of carbonyl (C=O) groups is 1. The Balaban J connectivity index is 1.85. The first kappa shape index (κ1) is 15.8. The van der Waals surface area contributed by atoms with Crippen molar-refractivity contribution in [2.45, 2.75) is 39.0 Å². The van der Waals surface area contributed by atoms with Gasteiger partial charge in [-0.15, -0.1) is 0 Å². The number of hydrogen-bond acceptors (Lipinski definition) is 4. The largest absolute Gasteiger partial charge is 0.481 e. The van der Waals surface area contributed by atoms with E-state index in [9.17, 15) is 4.79 Å². The van der Waals surface area contributed by atoms with Crippen molar-refractivity contribution in [2.24, 2.45) is 5.92 Å².